The Morgan fingerprint density at radius 2 is 2.40 bits per heavy atom. The molecular formula is C8H10N2. The lowest BCUT2D eigenvalue weighted by Crippen LogP contribution is -1.90. The highest BCUT2D eigenvalue weighted by molar-refractivity contribution is 5.51. The highest BCUT2D eigenvalue weighted by Gasteiger charge is 1.93. The Kier molecular flexibility index (Phi) is 1.71. The van der Waals surface area contributed by atoms with Crippen LogP contribution in [0.4, 0.5) is 5.69 Å². The molecule has 2 nitrogen and oxygen atoms in total. The minimum atomic E-state index is 0.697. The molecule has 0 amide bonds. The number of nitrogens with two attached hydrogens (primary N) is 1. The number of nitrogen functional groups attached to an aromatic ring is 1. The average molecular weight is 134 g/mol. The predicted molar refractivity (Wildman–Crippen MR) is 43.5 cm³/mol. The summed E-state index contributed by atoms with van der Waals surface area (Å²) in [6, 6.07) is 1.88. The minimum absolute atomic E-state index is 0.697. The first-order valence-corrected chi connectivity index (χ1v) is 3.08. The lowest BCUT2D eigenvalue weighted by molar-refractivity contribution is 1.24. The van der Waals surface area contributed by atoms with Gasteiger partial charge in [0.05, 0.1) is 17.6 Å². The number of anilines is 1. The molecule has 1 rings (SSSR count). The largest absolute Gasteiger partial charge is 0.397 e. The van der Waals surface area contributed by atoms with Crippen molar-refractivity contribution in [2.24, 2.45) is 0 Å². The van der Waals surface area contributed by atoms with Gasteiger partial charge in [0.25, 0.3) is 0 Å². The summed E-state index contributed by atoms with van der Waals surface area (Å²) in [7, 11) is 0. The van der Waals surface area contributed by atoms with Gasteiger partial charge in [-0.2, -0.15) is 0 Å². The molecule has 0 atom stereocenters. The molecule has 1 aromatic heterocycles. The smallest absolute Gasteiger partial charge is 0.0654 e. The van der Waals surface area contributed by atoms with E-state index in [1.807, 2.05) is 13.0 Å². The van der Waals surface area contributed by atoms with Gasteiger partial charge in [-0.3, -0.25) is 4.98 Å². The Bertz CT molecular complexity index is 253. The van der Waals surface area contributed by atoms with Crippen molar-refractivity contribution < 1.29 is 0 Å². The van der Waals surface area contributed by atoms with Crippen LogP contribution in [-0.4, -0.2) is 4.98 Å². The molecular weight excluding hydrogens is 124 g/mol. The van der Waals surface area contributed by atoms with Crippen LogP contribution in [-0.2, 0) is 0 Å². The molecule has 2 N–H and O–H groups in total. The van der Waals surface area contributed by atoms with E-state index in [9.17, 15) is 0 Å². The fraction of sp³-hybridized carbons (Fsp3) is 0.125. The van der Waals surface area contributed by atoms with Crippen molar-refractivity contribution in [1.29, 1.82) is 0 Å². The summed E-state index contributed by atoms with van der Waals surface area (Å²) in [4.78, 5) is 4.05. The molecule has 0 saturated heterocycles. The molecule has 0 aromatic carbocycles. The van der Waals surface area contributed by atoms with E-state index in [0.29, 0.717) is 5.69 Å². The molecule has 0 bridgehead atoms. The van der Waals surface area contributed by atoms with Gasteiger partial charge in [0.15, 0.2) is 0 Å². The number of hydrogen-bond acceptors (Lipinski definition) is 2. The Morgan fingerprint density at radius 3 is 2.90 bits per heavy atom. The minimum Gasteiger partial charge on any atom is -0.397 e. The quantitative estimate of drug-likeness (QED) is 0.633. The van der Waals surface area contributed by atoms with Crippen LogP contribution >= 0.6 is 0 Å². The molecule has 0 radical (unpaired) electrons. The maximum Gasteiger partial charge on any atom is 0.0654 e. The normalized spacial score (nSPS) is 9.30. The fourth-order valence-corrected chi connectivity index (χ4v) is 0.821. The van der Waals surface area contributed by atoms with Gasteiger partial charge in [-0.1, -0.05) is 6.58 Å². The van der Waals surface area contributed by atoms with E-state index in [0.717, 1.165) is 11.3 Å². The van der Waals surface area contributed by atoms with Crippen LogP contribution < -0.4 is 5.73 Å². The topological polar surface area (TPSA) is 38.9 Å². The average Bonchev–Trinajstić information content (AvgIpc) is 1.88. The van der Waals surface area contributed by atoms with E-state index >= 15 is 0 Å². The Labute approximate surface area is 60.4 Å². The van der Waals surface area contributed by atoms with Gasteiger partial charge in [-0.25, -0.2) is 0 Å². The standard InChI is InChI=1S/C8H10N2/c1-3-8-6(2)4-7(9)5-10-8/h3-5H,1,9H2,2H3. The van der Waals surface area contributed by atoms with Crippen LogP contribution in [0, 0.1) is 6.92 Å². The van der Waals surface area contributed by atoms with Crippen molar-refractivity contribution in [2.45, 2.75) is 6.92 Å². The first-order valence-electron chi connectivity index (χ1n) is 3.08. The molecule has 0 fully saturated rings. The zero-order chi connectivity index (χ0) is 7.56. The fourth-order valence-electron chi connectivity index (χ4n) is 0.821. The molecule has 0 aliphatic rings. The molecule has 0 aliphatic carbocycles. The number of nitrogens with zero attached hydrogens (tertiary/aromatic N) is 1. The van der Waals surface area contributed by atoms with Crippen molar-refractivity contribution in [3.63, 3.8) is 0 Å². The molecule has 1 heterocycles. The molecule has 10 heavy (non-hydrogen) atoms. The molecule has 52 valence electrons. The Hall–Kier alpha value is -1.31. The van der Waals surface area contributed by atoms with Crippen LogP contribution in [0.5, 0.6) is 0 Å². The summed E-state index contributed by atoms with van der Waals surface area (Å²) in [5.74, 6) is 0. The third-order valence-electron chi connectivity index (χ3n) is 1.33. The highest BCUT2D eigenvalue weighted by atomic mass is 14.7. The summed E-state index contributed by atoms with van der Waals surface area (Å²) in [6.07, 6.45) is 3.35. The second-order valence-electron chi connectivity index (χ2n) is 2.17. The van der Waals surface area contributed by atoms with E-state index in [-0.39, 0.29) is 0 Å². The molecule has 0 aliphatic heterocycles. The summed E-state index contributed by atoms with van der Waals surface area (Å²) < 4.78 is 0. The van der Waals surface area contributed by atoms with Gasteiger partial charge in [0.2, 0.25) is 0 Å². The van der Waals surface area contributed by atoms with Crippen LogP contribution in [0.2, 0.25) is 0 Å². The summed E-state index contributed by atoms with van der Waals surface area (Å²) in [6.45, 7) is 5.58. The van der Waals surface area contributed by atoms with Gasteiger partial charge in [0, 0.05) is 0 Å². The van der Waals surface area contributed by atoms with Gasteiger partial charge in [0.1, 0.15) is 0 Å². The summed E-state index contributed by atoms with van der Waals surface area (Å²) >= 11 is 0. The SMILES string of the molecule is C=Cc1ncc(N)cc1C. The molecule has 0 spiro atoms. The first-order chi connectivity index (χ1) is 4.74. The van der Waals surface area contributed by atoms with Gasteiger partial charge in [-0.05, 0) is 24.6 Å². The molecule has 2 heteroatoms. The zero-order valence-corrected chi connectivity index (χ0v) is 5.96. The monoisotopic (exact) mass is 134 g/mol. The van der Waals surface area contributed by atoms with Crippen molar-refractivity contribution >= 4 is 11.8 Å². The van der Waals surface area contributed by atoms with Gasteiger partial charge >= 0.3 is 0 Å². The van der Waals surface area contributed by atoms with E-state index in [2.05, 4.69) is 11.6 Å². The number of rotatable bonds is 1. The second kappa shape index (κ2) is 2.52. The number of hydrogen-bond donors (Lipinski definition) is 1. The van der Waals surface area contributed by atoms with Gasteiger partial charge < -0.3 is 5.73 Å². The number of aromatic nitrogens is 1. The third kappa shape index (κ3) is 1.16. The Balaban J connectivity index is 3.19. The van der Waals surface area contributed by atoms with Gasteiger partial charge in [-0.15, -0.1) is 0 Å². The maximum atomic E-state index is 5.49. The Morgan fingerprint density at radius 1 is 1.70 bits per heavy atom. The van der Waals surface area contributed by atoms with Crippen LogP contribution in [0.3, 0.4) is 0 Å². The lowest BCUT2D eigenvalue weighted by atomic mass is 10.2. The van der Waals surface area contributed by atoms with E-state index < -0.39 is 0 Å². The molecule has 1 aromatic rings. The zero-order valence-electron chi connectivity index (χ0n) is 5.96. The van der Waals surface area contributed by atoms with Crippen molar-refractivity contribution in [2.75, 3.05) is 5.73 Å². The molecule has 0 saturated carbocycles. The first kappa shape index (κ1) is 6.81. The highest BCUT2D eigenvalue weighted by Crippen LogP contribution is 2.08. The van der Waals surface area contributed by atoms with Crippen molar-refractivity contribution in [1.82, 2.24) is 4.98 Å². The van der Waals surface area contributed by atoms with Crippen molar-refractivity contribution in [3.05, 3.63) is 30.1 Å². The number of pyridine rings is 1. The van der Waals surface area contributed by atoms with E-state index in [4.69, 9.17) is 5.73 Å². The lowest BCUT2D eigenvalue weighted by Gasteiger charge is -1.98. The second-order valence-corrected chi connectivity index (χ2v) is 2.17. The van der Waals surface area contributed by atoms with E-state index in [1.165, 1.54) is 0 Å². The van der Waals surface area contributed by atoms with Crippen LogP contribution in [0.25, 0.3) is 6.08 Å². The van der Waals surface area contributed by atoms with E-state index in [1.54, 1.807) is 12.3 Å². The van der Waals surface area contributed by atoms with Crippen LogP contribution in [0.15, 0.2) is 18.8 Å². The summed E-state index contributed by atoms with van der Waals surface area (Å²) in [5, 5.41) is 0. The predicted octanol–water partition coefficient (Wildman–Crippen LogP) is 1.62. The third-order valence-corrected chi connectivity index (χ3v) is 1.33. The summed E-state index contributed by atoms with van der Waals surface area (Å²) in [5.41, 5.74) is 8.14. The maximum absolute atomic E-state index is 5.49. The molecule has 0 unspecified atom stereocenters. The number of aryl methyl sites for hydroxylation is 1. The van der Waals surface area contributed by atoms with Crippen LogP contribution in [0.1, 0.15) is 11.3 Å². The van der Waals surface area contributed by atoms with Crippen molar-refractivity contribution in [3.8, 4) is 0 Å².